The van der Waals surface area contributed by atoms with Gasteiger partial charge < -0.3 is 10.0 Å². The molecule has 1 heterocycles. The van der Waals surface area contributed by atoms with Gasteiger partial charge in [0.25, 0.3) is 0 Å². The number of amides is 1. The SMILES string of the molecule is O=C(CO)N1CCN(CC2CC2)CC1. The number of nitrogens with zero attached hydrogens (tertiary/aromatic N) is 2. The fraction of sp³-hybridized carbons (Fsp3) is 0.900. The first-order chi connectivity index (χ1) is 6.79. The Kier molecular flexibility index (Phi) is 3.03. The van der Waals surface area contributed by atoms with Crippen LogP contribution >= 0.6 is 0 Å². The van der Waals surface area contributed by atoms with Crippen LogP contribution in [0.1, 0.15) is 12.8 Å². The predicted molar refractivity (Wildman–Crippen MR) is 52.8 cm³/mol. The van der Waals surface area contributed by atoms with Crippen LogP contribution in [0.15, 0.2) is 0 Å². The van der Waals surface area contributed by atoms with E-state index in [4.69, 9.17) is 5.11 Å². The largest absolute Gasteiger partial charge is 0.387 e. The molecule has 80 valence electrons. The molecule has 4 heteroatoms. The van der Waals surface area contributed by atoms with Gasteiger partial charge in [0, 0.05) is 32.7 Å². The summed E-state index contributed by atoms with van der Waals surface area (Å²) in [4.78, 5) is 15.3. The molecular formula is C10H18N2O2. The van der Waals surface area contributed by atoms with Gasteiger partial charge >= 0.3 is 0 Å². The monoisotopic (exact) mass is 198 g/mol. The minimum Gasteiger partial charge on any atom is -0.387 e. The Morgan fingerprint density at radius 1 is 1.21 bits per heavy atom. The van der Waals surface area contributed by atoms with Crippen molar-refractivity contribution in [3.63, 3.8) is 0 Å². The van der Waals surface area contributed by atoms with Gasteiger partial charge in [0.2, 0.25) is 5.91 Å². The zero-order valence-corrected chi connectivity index (χ0v) is 8.48. The Labute approximate surface area is 84.5 Å². The molecule has 4 nitrogen and oxygen atoms in total. The molecule has 0 unspecified atom stereocenters. The van der Waals surface area contributed by atoms with E-state index in [1.54, 1.807) is 4.90 Å². The van der Waals surface area contributed by atoms with E-state index in [-0.39, 0.29) is 12.5 Å². The van der Waals surface area contributed by atoms with Crippen molar-refractivity contribution < 1.29 is 9.90 Å². The molecule has 2 aliphatic rings. The number of hydrogen-bond donors (Lipinski definition) is 1. The smallest absolute Gasteiger partial charge is 0.248 e. The van der Waals surface area contributed by atoms with Gasteiger partial charge in [-0.05, 0) is 18.8 Å². The zero-order valence-electron chi connectivity index (χ0n) is 8.48. The van der Waals surface area contributed by atoms with Crippen molar-refractivity contribution in [1.29, 1.82) is 0 Å². The van der Waals surface area contributed by atoms with E-state index in [1.807, 2.05) is 0 Å². The molecule has 0 atom stereocenters. The van der Waals surface area contributed by atoms with Crippen LogP contribution in [0.4, 0.5) is 0 Å². The van der Waals surface area contributed by atoms with Crippen LogP contribution in [0.25, 0.3) is 0 Å². The van der Waals surface area contributed by atoms with Crippen LogP contribution in [-0.4, -0.2) is 60.1 Å². The molecule has 0 aromatic rings. The average molecular weight is 198 g/mol. The normalized spacial score (nSPS) is 23.9. The number of hydrogen-bond acceptors (Lipinski definition) is 3. The molecule has 1 aliphatic carbocycles. The van der Waals surface area contributed by atoms with Gasteiger partial charge in [-0.1, -0.05) is 0 Å². The van der Waals surface area contributed by atoms with E-state index in [0.29, 0.717) is 0 Å². The second-order valence-corrected chi connectivity index (χ2v) is 4.28. The summed E-state index contributed by atoms with van der Waals surface area (Å²) in [7, 11) is 0. The van der Waals surface area contributed by atoms with Gasteiger partial charge in [0.05, 0.1) is 0 Å². The van der Waals surface area contributed by atoms with E-state index in [2.05, 4.69) is 4.90 Å². The average Bonchev–Trinajstić information content (AvgIpc) is 3.02. The molecule has 0 radical (unpaired) electrons. The maximum absolute atomic E-state index is 11.2. The van der Waals surface area contributed by atoms with Crippen LogP contribution in [0, 0.1) is 5.92 Å². The Morgan fingerprint density at radius 3 is 2.36 bits per heavy atom. The maximum atomic E-state index is 11.2. The van der Waals surface area contributed by atoms with E-state index in [9.17, 15) is 4.79 Å². The van der Waals surface area contributed by atoms with Crippen molar-refractivity contribution in [2.45, 2.75) is 12.8 Å². The van der Waals surface area contributed by atoms with E-state index in [0.717, 1.165) is 32.1 Å². The summed E-state index contributed by atoms with van der Waals surface area (Å²) < 4.78 is 0. The van der Waals surface area contributed by atoms with Crippen molar-refractivity contribution in [1.82, 2.24) is 9.80 Å². The molecule has 1 saturated carbocycles. The number of aliphatic hydroxyl groups excluding tert-OH is 1. The minimum absolute atomic E-state index is 0.129. The molecule has 0 aromatic carbocycles. The van der Waals surface area contributed by atoms with Gasteiger partial charge in [0.1, 0.15) is 6.61 Å². The van der Waals surface area contributed by atoms with Crippen molar-refractivity contribution in [3.8, 4) is 0 Å². The van der Waals surface area contributed by atoms with Gasteiger partial charge in [-0.2, -0.15) is 0 Å². The molecule has 2 rings (SSSR count). The lowest BCUT2D eigenvalue weighted by molar-refractivity contribution is -0.135. The van der Waals surface area contributed by atoms with Crippen LogP contribution < -0.4 is 0 Å². The van der Waals surface area contributed by atoms with Crippen LogP contribution in [0.2, 0.25) is 0 Å². The third kappa shape index (κ3) is 2.45. The maximum Gasteiger partial charge on any atom is 0.248 e. The first-order valence-corrected chi connectivity index (χ1v) is 5.40. The molecule has 1 amide bonds. The zero-order chi connectivity index (χ0) is 9.97. The number of carbonyl (C=O) groups is 1. The molecule has 1 aliphatic heterocycles. The molecule has 0 spiro atoms. The molecule has 14 heavy (non-hydrogen) atoms. The van der Waals surface area contributed by atoms with Crippen molar-refractivity contribution in [3.05, 3.63) is 0 Å². The molecule has 2 fully saturated rings. The summed E-state index contributed by atoms with van der Waals surface area (Å²) in [5.41, 5.74) is 0. The van der Waals surface area contributed by atoms with Gasteiger partial charge in [-0.3, -0.25) is 9.69 Å². The van der Waals surface area contributed by atoms with Crippen LogP contribution in [-0.2, 0) is 4.79 Å². The summed E-state index contributed by atoms with van der Waals surface area (Å²) in [6, 6.07) is 0. The number of rotatable bonds is 3. The summed E-state index contributed by atoms with van der Waals surface area (Å²) in [5, 5.41) is 8.70. The molecule has 1 N–H and O–H groups in total. The number of piperazine rings is 1. The van der Waals surface area contributed by atoms with E-state index >= 15 is 0 Å². The fourth-order valence-electron chi connectivity index (χ4n) is 1.95. The van der Waals surface area contributed by atoms with E-state index in [1.165, 1.54) is 19.4 Å². The molecule has 0 bridgehead atoms. The number of carbonyl (C=O) groups excluding carboxylic acids is 1. The Balaban J connectivity index is 1.71. The highest BCUT2D eigenvalue weighted by atomic mass is 16.3. The molecule has 0 aromatic heterocycles. The van der Waals surface area contributed by atoms with Crippen LogP contribution in [0.3, 0.4) is 0 Å². The highest BCUT2D eigenvalue weighted by molar-refractivity contribution is 5.77. The first-order valence-electron chi connectivity index (χ1n) is 5.40. The highest BCUT2D eigenvalue weighted by Crippen LogP contribution is 2.29. The lowest BCUT2D eigenvalue weighted by atomic mass is 10.3. The second-order valence-electron chi connectivity index (χ2n) is 4.28. The van der Waals surface area contributed by atoms with E-state index < -0.39 is 0 Å². The predicted octanol–water partition coefficient (Wildman–Crippen LogP) is -0.467. The minimum atomic E-state index is -0.345. The summed E-state index contributed by atoms with van der Waals surface area (Å²) in [6.45, 7) is 4.38. The molecule has 1 saturated heterocycles. The third-order valence-corrected chi connectivity index (χ3v) is 3.07. The van der Waals surface area contributed by atoms with Crippen molar-refractivity contribution in [2.75, 3.05) is 39.3 Å². The van der Waals surface area contributed by atoms with Crippen molar-refractivity contribution in [2.24, 2.45) is 5.92 Å². The van der Waals surface area contributed by atoms with Crippen LogP contribution in [0.5, 0.6) is 0 Å². The van der Waals surface area contributed by atoms with Gasteiger partial charge in [0.15, 0.2) is 0 Å². The highest BCUT2D eigenvalue weighted by Gasteiger charge is 2.27. The Morgan fingerprint density at radius 2 is 1.86 bits per heavy atom. The van der Waals surface area contributed by atoms with Gasteiger partial charge in [-0.25, -0.2) is 0 Å². The number of aliphatic hydroxyl groups is 1. The lowest BCUT2D eigenvalue weighted by Gasteiger charge is -2.34. The Bertz CT molecular complexity index is 208. The van der Waals surface area contributed by atoms with Crippen molar-refractivity contribution >= 4 is 5.91 Å². The first kappa shape index (κ1) is 9.93. The third-order valence-electron chi connectivity index (χ3n) is 3.07. The molecular weight excluding hydrogens is 180 g/mol. The summed E-state index contributed by atoms with van der Waals surface area (Å²) >= 11 is 0. The fourth-order valence-corrected chi connectivity index (χ4v) is 1.95. The lowest BCUT2D eigenvalue weighted by Crippen LogP contribution is -2.49. The summed E-state index contributed by atoms with van der Waals surface area (Å²) in [6.07, 6.45) is 2.77. The standard InChI is InChI=1S/C10H18N2O2/c13-8-10(14)12-5-3-11(4-6-12)7-9-1-2-9/h9,13H,1-8H2. The second kappa shape index (κ2) is 4.28. The quantitative estimate of drug-likeness (QED) is 0.667. The topological polar surface area (TPSA) is 43.8 Å². The Hall–Kier alpha value is -0.610. The summed E-state index contributed by atoms with van der Waals surface area (Å²) in [5.74, 6) is 0.797. The van der Waals surface area contributed by atoms with Gasteiger partial charge in [-0.15, -0.1) is 0 Å².